The SMILES string of the molecule is OC1C2C3CCCCC2C2C1C32. The first-order valence-corrected chi connectivity index (χ1v) is 5.57. The minimum absolute atomic E-state index is 0.132. The summed E-state index contributed by atoms with van der Waals surface area (Å²) in [5, 5.41) is 9.98. The van der Waals surface area contributed by atoms with Gasteiger partial charge in [0.2, 0.25) is 0 Å². The van der Waals surface area contributed by atoms with Crippen LogP contribution in [0.5, 0.6) is 0 Å². The van der Waals surface area contributed by atoms with E-state index in [9.17, 15) is 5.11 Å². The van der Waals surface area contributed by atoms with Gasteiger partial charge in [-0.05, 0) is 48.3 Å². The van der Waals surface area contributed by atoms with Crippen LogP contribution in [-0.2, 0) is 0 Å². The standard InChI is InChI=1S/C11H16O/c12-11-7-5-3-1-2-4-6(7)9-8(5)10(9)11/h5-12H,1-4H2. The van der Waals surface area contributed by atoms with Gasteiger partial charge in [-0.3, -0.25) is 0 Å². The molecule has 0 saturated heterocycles. The van der Waals surface area contributed by atoms with Gasteiger partial charge in [0.1, 0.15) is 0 Å². The number of aliphatic hydroxyl groups excluding tert-OH is 1. The quantitative estimate of drug-likeness (QED) is 0.577. The number of hydrogen-bond acceptors (Lipinski definition) is 1. The maximum atomic E-state index is 9.98. The third-order valence-electron chi connectivity index (χ3n) is 5.28. The van der Waals surface area contributed by atoms with Crippen LogP contribution in [0.15, 0.2) is 0 Å². The van der Waals surface area contributed by atoms with E-state index in [4.69, 9.17) is 0 Å². The van der Waals surface area contributed by atoms with E-state index in [0.29, 0.717) is 0 Å². The van der Waals surface area contributed by atoms with E-state index in [1.54, 1.807) is 0 Å². The lowest BCUT2D eigenvalue weighted by Crippen LogP contribution is -2.19. The number of hydrogen-bond donors (Lipinski definition) is 1. The molecule has 0 radical (unpaired) electrons. The molecule has 0 aromatic heterocycles. The van der Waals surface area contributed by atoms with Crippen LogP contribution >= 0.6 is 0 Å². The highest BCUT2D eigenvalue weighted by Crippen LogP contribution is 2.78. The summed E-state index contributed by atoms with van der Waals surface area (Å²) < 4.78 is 0. The molecule has 0 amide bonds. The summed E-state index contributed by atoms with van der Waals surface area (Å²) in [5.74, 6) is 5.45. The molecule has 0 aromatic carbocycles. The molecule has 0 heterocycles. The lowest BCUT2D eigenvalue weighted by Gasteiger charge is -2.18. The van der Waals surface area contributed by atoms with E-state index in [-0.39, 0.29) is 6.10 Å². The van der Waals surface area contributed by atoms with Crippen molar-refractivity contribution in [3.05, 3.63) is 0 Å². The van der Waals surface area contributed by atoms with Gasteiger partial charge in [-0.1, -0.05) is 12.8 Å². The summed E-state index contributed by atoms with van der Waals surface area (Å²) >= 11 is 0. The van der Waals surface area contributed by atoms with E-state index >= 15 is 0 Å². The molecule has 5 saturated carbocycles. The highest BCUT2D eigenvalue weighted by atomic mass is 16.3. The molecule has 1 N–H and O–H groups in total. The molecular weight excluding hydrogens is 148 g/mol. The fraction of sp³-hybridized carbons (Fsp3) is 1.00. The van der Waals surface area contributed by atoms with Crippen molar-refractivity contribution in [1.29, 1.82) is 0 Å². The van der Waals surface area contributed by atoms with Crippen molar-refractivity contribution in [2.45, 2.75) is 31.8 Å². The molecule has 5 unspecified atom stereocenters. The third-order valence-corrected chi connectivity index (χ3v) is 5.28. The van der Waals surface area contributed by atoms with Crippen LogP contribution in [0.25, 0.3) is 0 Å². The Balaban J connectivity index is 1.81. The van der Waals surface area contributed by atoms with Gasteiger partial charge in [-0.25, -0.2) is 0 Å². The Hall–Kier alpha value is -0.0400. The van der Waals surface area contributed by atoms with Crippen molar-refractivity contribution in [2.75, 3.05) is 0 Å². The Kier molecular flexibility index (Phi) is 0.934. The van der Waals surface area contributed by atoms with Gasteiger partial charge in [0, 0.05) is 0 Å². The average Bonchev–Trinajstić information content (AvgIpc) is 2.54. The molecule has 0 aromatic rings. The minimum atomic E-state index is 0.132. The third kappa shape index (κ3) is 0.477. The number of aliphatic hydroxyl groups is 1. The Labute approximate surface area is 73.2 Å². The normalized spacial score (nSPS) is 71.2. The summed E-state index contributed by atoms with van der Waals surface area (Å²) in [4.78, 5) is 0. The predicted octanol–water partition coefficient (Wildman–Crippen LogP) is 1.66. The maximum absolute atomic E-state index is 9.98. The Morgan fingerprint density at radius 2 is 1.33 bits per heavy atom. The van der Waals surface area contributed by atoms with Gasteiger partial charge in [0.05, 0.1) is 6.10 Å². The van der Waals surface area contributed by atoms with Gasteiger partial charge in [-0.2, -0.15) is 0 Å². The van der Waals surface area contributed by atoms with Crippen LogP contribution in [0.2, 0.25) is 0 Å². The van der Waals surface area contributed by atoms with Crippen LogP contribution < -0.4 is 0 Å². The maximum Gasteiger partial charge on any atom is 0.0607 e. The van der Waals surface area contributed by atoms with E-state index < -0.39 is 0 Å². The second kappa shape index (κ2) is 1.75. The van der Waals surface area contributed by atoms with E-state index in [1.165, 1.54) is 25.7 Å². The van der Waals surface area contributed by atoms with Gasteiger partial charge in [0.25, 0.3) is 0 Å². The van der Waals surface area contributed by atoms with Crippen molar-refractivity contribution in [3.8, 4) is 0 Å². The van der Waals surface area contributed by atoms with Gasteiger partial charge in [0.15, 0.2) is 0 Å². The lowest BCUT2D eigenvalue weighted by atomic mass is 9.89. The van der Waals surface area contributed by atoms with Crippen LogP contribution in [0.4, 0.5) is 0 Å². The first-order valence-electron chi connectivity index (χ1n) is 5.57. The van der Waals surface area contributed by atoms with Crippen LogP contribution in [0, 0.1) is 35.5 Å². The molecule has 12 heavy (non-hydrogen) atoms. The van der Waals surface area contributed by atoms with Crippen molar-refractivity contribution >= 4 is 0 Å². The zero-order chi connectivity index (χ0) is 7.87. The highest BCUT2D eigenvalue weighted by molar-refractivity contribution is 5.24. The van der Waals surface area contributed by atoms with E-state index in [0.717, 1.165) is 35.5 Å². The van der Waals surface area contributed by atoms with Crippen LogP contribution in [-0.4, -0.2) is 11.2 Å². The zero-order valence-electron chi connectivity index (χ0n) is 7.32. The molecule has 5 rings (SSSR count). The second-order valence-corrected chi connectivity index (χ2v) is 5.41. The first-order chi connectivity index (χ1) is 5.89. The molecule has 5 atom stereocenters. The van der Waals surface area contributed by atoms with Crippen molar-refractivity contribution in [3.63, 3.8) is 0 Å². The molecule has 5 aliphatic carbocycles. The van der Waals surface area contributed by atoms with E-state index in [2.05, 4.69) is 0 Å². The highest BCUT2D eigenvalue weighted by Gasteiger charge is 2.77. The molecule has 5 aliphatic rings. The second-order valence-electron chi connectivity index (χ2n) is 5.41. The number of rotatable bonds is 0. The molecule has 0 aliphatic heterocycles. The Bertz CT molecular complexity index is 217. The van der Waals surface area contributed by atoms with Crippen LogP contribution in [0.1, 0.15) is 25.7 Å². The van der Waals surface area contributed by atoms with Gasteiger partial charge >= 0.3 is 0 Å². The Morgan fingerprint density at radius 1 is 0.750 bits per heavy atom. The topological polar surface area (TPSA) is 20.2 Å². The molecule has 6 bridgehead atoms. The fourth-order valence-electron chi connectivity index (χ4n) is 5.11. The molecule has 66 valence electrons. The van der Waals surface area contributed by atoms with Gasteiger partial charge < -0.3 is 5.11 Å². The Morgan fingerprint density at radius 3 is 1.83 bits per heavy atom. The summed E-state index contributed by atoms with van der Waals surface area (Å²) in [7, 11) is 0. The van der Waals surface area contributed by atoms with Crippen LogP contribution in [0.3, 0.4) is 0 Å². The summed E-state index contributed by atoms with van der Waals surface area (Å²) in [6.45, 7) is 0. The summed E-state index contributed by atoms with van der Waals surface area (Å²) in [6.07, 6.45) is 5.90. The fourth-order valence-corrected chi connectivity index (χ4v) is 5.11. The molecular formula is C11H16O. The molecule has 1 nitrogen and oxygen atoms in total. The molecule has 0 spiro atoms. The van der Waals surface area contributed by atoms with Crippen molar-refractivity contribution < 1.29 is 5.11 Å². The van der Waals surface area contributed by atoms with E-state index in [1.807, 2.05) is 0 Å². The summed E-state index contributed by atoms with van der Waals surface area (Å²) in [5.41, 5.74) is 0. The monoisotopic (exact) mass is 164 g/mol. The van der Waals surface area contributed by atoms with Crippen molar-refractivity contribution in [2.24, 2.45) is 35.5 Å². The average molecular weight is 164 g/mol. The predicted molar refractivity (Wildman–Crippen MR) is 45.4 cm³/mol. The first kappa shape index (κ1) is 6.42. The molecule has 5 fully saturated rings. The zero-order valence-corrected chi connectivity index (χ0v) is 7.32. The van der Waals surface area contributed by atoms with Gasteiger partial charge in [-0.15, -0.1) is 0 Å². The molecule has 1 heteroatoms. The van der Waals surface area contributed by atoms with Crippen molar-refractivity contribution in [1.82, 2.24) is 0 Å². The largest absolute Gasteiger partial charge is 0.393 e. The summed E-state index contributed by atoms with van der Waals surface area (Å²) in [6, 6.07) is 0. The minimum Gasteiger partial charge on any atom is -0.393 e. The smallest absolute Gasteiger partial charge is 0.0607 e. The lowest BCUT2D eigenvalue weighted by molar-refractivity contribution is 0.107.